The molecule has 0 aromatic heterocycles. The summed E-state index contributed by atoms with van der Waals surface area (Å²) in [4.78, 5) is 14.2. The second kappa shape index (κ2) is 5.79. The van der Waals surface area contributed by atoms with E-state index in [9.17, 15) is 9.18 Å². The SMILES string of the molecule is O=C(NC1CCN(c2cccc(F)c2)C1)C1CCCN1. The van der Waals surface area contributed by atoms with Gasteiger partial charge in [0.1, 0.15) is 5.82 Å². The van der Waals surface area contributed by atoms with E-state index in [2.05, 4.69) is 15.5 Å². The number of hydrogen-bond donors (Lipinski definition) is 2. The molecule has 1 aromatic rings. The molecule has 0 bridgehead atoms. The van der Waals surface area contributed by atoms with E-state index < -0.39 is 0 Å². The van der Waals surface area contributed by atoms with Crippen molar-refractivity contribution in [2.24, 2.45) is 0 Å². The molecule has 2 unspecified atom stereocenters. The highest BCUT2D eigenvalue weighted by Crippen LogP contribution is 2.21. The fourth-order valence-corrected chi connectivity index (χ4v) is 3.00. The molecular weight excluding hydrogens is 257 g/mol. The van der Waals surface area contributed by atoms with Gasteiger partial charge in [0.15, 0.2) is 0 Å². The summed E-state index contributed by atoms with van der Waals surface area (Å²) in [7, 11) is 0. The lowest BCUT2D eigenvalue weighted by Gasteiger charge is -2.20. The first-order valence-electron chi connectivity index (χ1n) is 7.26. The van der Waals surface area contributed by atoms with Gasteiger partial charge in [-0.3, -0.25) is 4.79 Å². The molecule has 2 atom stereocenters. The van der Waals surface area contributed by atoms with Crippen LogP contribution in [0.2, 0.25) is 0 Å². The molecule has 2 heterocycles. The van der Waals surface area contributed by atoms with Gasteiger partial charge in [-0.1, -0.05) is 6.07 Å². The molecule has 0 aliphatic carbocycles. The molecule has 2 fully saturated rings. The second-order valence-electron chi connectivity index (χ2n) is 5.57. The summed E-state index contributed by atoms with van der Waals surface area (Å²) >= 11 is 0. The van der Waals surface area contributed by atoms with Crippen molar-refractivity contribution < 1.29 is 9.18 Å². The number of halogens is 1. The topological polar surface area (TPSA) is 44.4 Å². The van der Waals surface area contributed by atoms with Crippen LogP contribution in [-0.4, -0.2) is 37.6 Å². The molecule has 1 amide bonds. The summed E-state index contributed by atoms with van der Waals surface area (Å²) in [6.07, 6.45) is 2.90. The molecule has 1 aromatic carbocycles. The third-order valence-electron chi connectivity index (χ3n) is 4.08. The van der Waals surface area contributed by atoms with Crippen molar-refractivity contribution >= 4 is 11.6 Å². The van der Waals surface area contributed by atoms with Gasteiger partial charge >= 0.3 is 0 Å². The first-order chi connectivity index (χ1) is 9.72. The number of carbonyl (C=O) groups excluding carboxylic acids is 1. The zero-order valence-electron chi connectivity index (χ0n) is 11.4. The van der Waals surface area contributed by atoms with Crippen LogP contribution >= 0.6 is 0 Å². The molecule has 2 aliphatic heterocycles. The van der Waals surface area contributed by atoms with Crippen LogP contribution in [0.5, 0.6) is 0 Å². The quantitative estimate of drug-likeness (QED) is 0.874. The van der Waals surface area contributed by atoms with Crippen molar-refractivity contribution in [3.8, 4) is 0 Å². The van der Waals surface area contributed by atoms with E-state index in [-0.39, 0.29) is 23.8 Å². The molecule has 2 N–H and O–H groups in total. The predicted molar refractivity (Wildman–Crippen MR) is 76.2 cm³/mol. The largest absolute Gasteiger partial charge is 0.369 e. The minimum atomic E-state index is -0.217. The van der Waals surface area contributed by atoms with Crippen LogP contribution in [-0.2, 0) is 4.79 Å². The Kier molecular flexibility index (Phi) is 3.87. The van der Waals surface area contributed by atoms with Crippen LogP contribution in [0.25, 0.3) is 0 Å². The summed E-state index contributed by atoms with van der Waals surface area (Å²) in [5.41, 5.74) is 0.890. The van der Waals surface area contributed by atoms with Gasteiger partial charge in [-0.25, -0.2) is 4.39 Å². The average Bonchev–Trinajstić information content (AvgIpc) is 3.10. The van der Waals surface area contributed by atoms with E-state index in [1.165, 1.54) is 6.07 Å². The van der Waals surface area contributed by atoms with E-state index in [1.807, 2.05) is 6.07 Å². The van der Waals surface area contributed by atoms with Gasteiger partial charge in [-0.15, -0.1) is 0 Å². The monoisotopic (exact) mass is 277 g/mol. The number of benzene rings is 1. The van der Waals surface area contributed by atoms with Crippen molar-refractivity contribution in [1.29, 1.82) is 0 Å². The Morgan fingerprint density at radius 3 is 3.05 bits per heavy atom. The first kappa shape index (κ1) is 13.4. The van der Waals surface area contributed by atoms with Gasteiger partial charge < -0.3 is 15.5 Å². The van der Waals surface area contributed by atoms with Crippen molar-refractivity contribution in [1.82, 2.24) is 10.6 Å². The van der Waals surface area contributed by atoms with Crippen molar-refractivity contribution in [3.63, 3.8) is 0 Å². The van der Waals surface area contributed by atoms with Crippen molar-refractivity contribution in [3.05, 3.63) is 30.1 Å². The molecule has 0 saturated carbocycles. The summed E-state index contributed by atoms with van der Waals surface area (Å²) in [5.74, 6) is -0.112. The van der Waals surface area contributed by atoms with Crippen molar-refractivity contribution in [2.45, 2.75) is 31.3 Å². The third-order valence-corrected chi connectivity index (χ3v) is 4.08. The first-order valence-corrected chi connectivity index (χ1v) is 7.26. The smallest absolute Gasteiger partial charge is 0.237 e. The van der Waals surface area contributed by atoms with E-state index in [0.29, 0.717) is 0 Å². The van der Waals surface area contributed by atoms with Gasteiger partial charge in [0, 0.05) is 24.8 Å². The maximum atomic E-state index is 13.2. The lowest BCUT2D eigenvalue weighted by Crippen LogP contribution is -2.46. The minimum absolute atomic E-state index is 0.0294. The Labute approximate surface area is 118 Å². The average molecular weight is 277 g/mol. The number of hydrogen-bond acceptors (Lipinski definition) is 3. The summed E-state index contributed by atoms with van der Waals surface area (Å²) in [6, 6.07) is 6.75. The zero-order chi connectivity index (χ0) is 13.9. The predicted octanol–water partition coefficient (Wildman–Crippen LogP) is 1.27. The second-order valence-corrected chi connectivity index (χ2v) is 5.57. The normalized spacial score (nSPS) is 25.9. The molecule has 5 heteroatoms. The number of nitrogens with zero attached hydrogens (tertiary/aromatic N) is 1. The Balaban J connectivity index is 1.55. The summed E-state index contributed by atoms with van der Waals surface area (Å²) < 4.78 is 13.2. The van der Waals surface area contributed by atoms with Crippen LogP contribution in [0, 0.1) is 5.82 Å². The number of anilines is 1. The number of rotatable bonds is 3. The lowest BCUT2D eigenvalue weighted by atomic mass is 10.2. The molecule has 0 radical (unpaired) electrons. The van der Waals surface area contributed by atoms with E-state index >= 15 is 0 Å². The zero-order valence-corrected chi connectivity index (χ0v) is 11.4. The summed E-state index contributed by atoms with van der Waals surface area (Å²) in [6.45, 7) is 2.53. The van der Waals surface area contributed by atoms with Crippen LogP contribution < -0.4 is 15.5 Å². The molecule has 2 aliphatic rings. The Bertz CT molecular complexity index is 488. The Hall–Kier alpha value is -1.62. The molecule has 0 spiro atoms. The van der Waals surface area contributed by atoms with Gasteiger partial charge in [0.2, 0.25) is 5.91 Å². The number of nitrogens with one attached hydrogen (secondary N) is 2. The van der Waals surface area contributed by atoms with E-state index in [1.54, 1.807) is 12.1 Å². The van der Waals surface area contributed by atoms with Crippen LogP contribution in [0.3, 0.4) is 0 Å². The van der Waals surface area contributed by atoms with Gasteiger partial charge in [-0.2, -0.15) is 0 Å². The number of carbonyl (C=O) groups is 1. The van der Waals surface area contributed by atoms with Crippen LogP contribution in [0.15, 0.2) is 24.3 Å². The van der Waals surface area contributed by atoms with Crippen LogP contribution in [0.1, 0.15) is 19.3 Å². The Morgan fingerprint density at radius 1 is 1.40 bits per heavy atom. The molecule has 2 saturated heterocycles. The van der Waals surface area contributed by atoms with Gasteiger partial charge in [0.25, 0.3) is 0 Å². The highest BCUT2D eigenvalue weighted by molar-refractivity contribution is 5.82. The Morgan fingerprint density at radius 2 is 2.30 bits per heavy atom. The standard InChI is InChI=1S/C15H20FN3O/c16-11-3-1-4-13(9-11)19-8-6-12(10-19)18-15(20)14-5-2-7-17-14/h1,3-4,9,12,14,17H,2,5-8,10H2,(H,18,20). The third kappa shape index (κ3) is 2.93. The lowest BCUT2D eigenvalue weighted by molar-refractivity contribution is -0.123. The molecular formula is C15H20FN3O. The summed E-state index contributed by atoms with van der Waals surface area (Å²) in [5, 5.41) is 6.30. The maximum Gasteiger partial charge on any atom is 0.237 e. The molecule has 20 heavy (non-hydrogen) atoms. The minimum Gasteiger partial charge on any atom is -0.369 e. The van der Waals surface area contributed by atoms with Crippen LogP contribution in [0.4, 0.5) is 10.1 Å². The number of amides is 1. The van der Waals surface area contributed by atoms with E-state index in [0.717, 1.165) is 44.6 Å². The highest BCUT2D eigenvalue weighted by Gasteiger charge is 2.28. The maximum absolute atomic E-state index is 13.2. The van der Waals surface area contributed by atoms with Crippen molar-refractivity contribution in [2.75, 3.05) is 24.5 Å². The highest BCUT2D eigenvalue weighted by atomic mass is 19.1. The molecule has 4 nitrogen and oxygen atoms in total. The fourth-order valence-electron chi connectivity index (χ4n) is 3.00. The molecule has 108 valence electrons. The molecule has 3 rings (SSSR count). The fraction of sp³-hybridized carbons (Fsp3) is 0.533. The van der Waals surface area contributed by atoms with Gasteiger partial charge in [0.05, 0.1) is 6.04 Å². The van der Waals surface area contributed by atoms with E-state index in [4.69, 9.17) is 0 Å². The van der Waals surface area contributed by atoms with Gasteiger partial charge in [-0.05, 0) is 44.0 Å².